The highest BCUT2D eigenvalue weighted by Crippen LogP contribution is 2.25. The van der Waals surface area contributed by atoms with Gasteiger partial charge in [0.25, 0.3) is 0 Å². The highest BCUT2D eigenvalue weighted by Gasteiger charge is 2.30. The number of fused-ring (bicyclic) bond motifs is 2. The van der Waals surface area contributed by atoms with Crippen molar-refractivity contribution < 1.29 is 4.42 Å². The van der Waals surface area contributed by atoms with Gasteiger partial charge in [-0.2, -0.15) is 21.3 Å². The summed E-state index contributed by atoms with van der Waals surface area (Å²) in [6, 6.07) is 6.19. The average molecular weight is 357 g/mol. The Morgan fingerprint density at radius 2 is 2.20 bits per heavy atom. The van der Waals surface area contributed by atoms with Crippen molar-refractivity contribution >= 4 is 29.2 Å². The van der Waals surface area contributed by atoms with Crippen LogP contribution in [-0.2, 0) is 0 Å². The largest absolute Gasteiger partial charge is 0.461 e. The van der Waals surface area contributed by atoms with Gasteiger partial charge in [0.05, 0.1) is 6.26 Å². The fourth-order valence-electron chi connectivity index (χ4n) is 3.53. The Labute approximate surface area is 149 Å². The molecule has 0 aromatic carbocycles. The van der Waals surface area contributed by atoms with Gasteiger partial charge in [0.15, 0.2) is 11.4 Å². The number of anilines is 2. The Morgan fingerprint density at radius 3 is 3.08 bits per heavy atom. The Kier molecular flexibility index (Phi) is 3.56. The lowest BCUT2D eigenvalue weighted by Crippen LogP contribution is -2.56. The fourth-order valence-corrected chi connectivity index (χ4v) is 4.64. The van der Waals surface area contributed by atoms with Gasteiger partial charge < -0.3 is 15.1 Å². The summed E-state index contributed by atoms with van der Waals surface area (Å²) in [6.45, 7) is 4.20. The first-order chi connectivity index (χ1) is 12.3. The lowest BCUT2D eigenvalue weighted by atomic mass is 10.2. The predicted octanol–water partition coefficient (Wildman–Crippen LogP) is 1.20. The van der Waals surface area contributed by atoms with Crippen LogP contribution in [0.15, 0.2) is 28.9 Å². The molecule has 0 bridgehead atoms. The van der Waals surface area contributed by atoms with Crippen LogP contribution in [0.4, 0.5) is 11.8 Å². The van der Waals surface area contributed by atoms with E-state index in [4.69, 9.17) is 10.2 Å². The molecule has 0 radical (unpaired) electrons. The Balaban J connectivity index is 1.47. The molecule has 3 aromatic heterocycles. The number of aromatic nitrogens is 4. The summed E-state index contributed by atoms with van der Waals surface area (Å²) in [5.41, 5.74) is 6.83. The second-order valence-corrected chi connectivity index (χ2v) is 7.52. The lowest BCUT2D eigenvalue weighted by molar-refractivity contribution is 0.198. The van der Waals surface area contributed by atoms with Gasteiger partial charge in [-0.1, -0.05) is 0 Å². The molecule has 5 heterocycles. The molecule has 0 amide bonds. The molecule has 3 aromatic rings. The van der Waals surface area contributed by atoms with Gasteiger partial charge in [-0.15, -0.1) is 5.10 Å². The summed E-state index contributed by atoms with van der Waals surface area (Å²) < 4.78 is 6.94. The summed E-state index contributed by atoms with van der Waals surface area (Å²) in [6.07, 6.45) is 1.61. The first-order valence-corrected chi connectivity index (χ1v) is 9.57. The van der Waals surface area contributed by atoms with E-state index in [0.717, 1.165) is 25.5 Å². The van der Waals surface area contributed by atoms with E-state index in [1.54, 1.807) is 10.8 Å². The van der Waals surface area contributed by atoms with Crippen LogP contribution in [0.25, 0.3) is 17.2 Å². The molecule has 0 aliphatic carbocycles. The summed E-state index contributed by atoms with van der Waals surface area (Å²) in [5.74, 6) is 4.78. The van der Waals surface area contributed by atoms with Gasteiger partial charge in [0.2, 0.25) is 11.8 Å². The van der Waals surface area contributed by atoms with Crippen molar-refractivity contribution in [2.75, 3.05) is 48.3 Å². The highest BCUT2D eigenvalue weighted by atomic mass is 32.2. The third-order valence-corrected chi connectivity index (χ3v) is 5.93. The van der Waals surface area contributed by atoms with E-state index < -0.39 is 0 Å². The number of thioether (sulfide) groups is 1. The molecule has 1 unspecified atom stereocenters. The van der Waals surface area contributed by atoms with E-state index in [1.807, 2.05) is 30.0 Å². The molecular weight excluding hydrogens is 338 g/mol. The molecule has 2 saturated heterocycles. The molecule has 0 spiro atoms. The maximum atomic E-state index is 6.14. The molecular formula is C16H19N7OS. The fraction of sp³-hybridized carbons (Fsp3) is 0.438. The number of nitrogen functional groups attached to an aromatic ring is 1. The zero-order valence-corrected chi connectivity index (χ0v) is 14.5. The Bertz CT molecular complexity index is 893. The highest BCUT2D eigenvalue weighted by molar-refractivity contribution is 7.99. The summed E-state index contributed by atoms with van der Waals surface area (Å²) in [5, 5.41) is 4.40. The summed E-state index contributed by atoms with van der Waals surface area (Å²) >= 11 is 2.04. The van der Waals surface area contributed by atoms with Gasteiger partial charge in [0.1, 0.15) is 5.82 Å². The molecule has 130 valence electrons. The molecule has 2 N–H and O–H groups in total. The van der Waals surface area contributed by atoms with Gasteiger partial charge in [0, 0.05) is 49.8 Å². The second kappa shape index (κ2) is 5.92. The molecule has 2 aliphatic rings. The van der Waals surface area contributed by atoms with Crippen LogP contribution in [0, 0.1) is 0 Å². The van der Waals surface area contributed by atoms with Crippen LogP contribution in [0.1, 0.15) is 0 Å². The van der Waals surface area contributed by atoms with Gasteiger partial charge in [-0.25, -0.2) is 4.98 Å². The normalized spacial score (nSPS) is 21.6. The lowest BCUT2D eigenvalue weighted by Gasteiger charge is -2.44. The second-order valence-electron chi connectivity index (χ2n) is 6.37. The van der Waals surface area contributed by atoms with Crippen molar-refractivity contribution in [1.29, 1.82) is 0 Å². The number of nitrogens with two attached hydrogens (primary N) is 1. The predicted molar refractivity (Wildman–Crippen MR) is 97.8 cm³/mol. The number of piperazine rings is 1. The molecule has 9 heteroatoms. The molecule has 1 atom stereocenters. The summed E-state index contributed by atoms with van der Waals surface area (Å²) in [7, 11) is 0. The molecule has 0 saturated carbocycles. The molecule has 8 nitrogen and oxygen atoms in total. The SMILES string of the molecule is Nc1nc(N2CCN3CCSCC3C2)cc2nc(-c3ccco3)nn12. The number of hydrogen-bond acceptors (Lipinski definition) is 8. The summed E-state index contributed by atoms with van der Waals surface area (Å²) in [4.78, 5) is 14.0. The first kappa shape index (κ1) is 15.0. The Hall–Kier alpha value is -2.26. The van der Waals surface area contributed by atoms with E-state index in [-0.39, 0.29) is 0 Å². The number of furan rings is 1. The maximum Gasteiger partial charge on any atom is 0.225 e. The minimum atomic E-state index is 0.346. The standard InChI is InChI=1S/C16H19N7OS/c17-16-19-13(22-4-3-21-5-7-25-10-11(21)9-22)8-14-18-15(20-23(14)16)12-2-1-6-24-12/h1-2,6,8,11H,3-5,7,9-10H2,(H2,17,19). The molecule has 25 heavy (non-hydrogen) atoms. The number of nitrogens with zero attached hydrogens (tertiary/aromatic N) is 6. The smallest absolute Gasteiger partial charge is 0.225 e. The monoisotopic (exact) mass is 357 g/mol. The zero-order chi connectivity index (χ0) is 16.8. The van der Waals surface area contributed by atoms with Crippen LogP contribution in [-0.4, -0.2) is 68.2 Å². The van der Waals surface area contributed by atoms with E-state index in [2.05, 4.69) is 24.9 Å². The van der Waals surface area contributed by atoms with Crippen LogP contribution in [0.2, 0.25) is 0 Å². The van der Waals surface area contributed by atoms with Crippen molar-refractivity contribution in [3.05, 3.63) is 24.5 Å². The third-order valence-electron chi connectivity index (χ3n) is 4.84. The van der Waals surface area contributed by atoms with Crippen molar-refractivity contribution in [1.82, 2.24) is 24.5 Å². The number of rotatable bonds is 2. The first-order valence-electron chi connectivity index (χ1n) is 8.42. The van der Waals surface area contributed by atoms with Gasteiger partial charge in [-0.05, 0) is 12.1 Å². The minimum Gasteiger partial charge on any atom is -0.461 e. The minimum absolute atomic E-state index is 0.346. The van der Waals surface area contributed by atoms with Crippen molar-refractivity contribution in [2.24, 2.45) is 0 Å². The van der Waals surface area contributed by atoms with Crippen LogP contribution < -0.4 is 10.6 Å². The molecule has 5 rings (SSSR count). The quantitative estimate of drug-likeness (QED) is 0.732. The molecule has 2 fully saturated rings. The van der Waals surface area contributed by atoms with Crippen LogP contribution >= 0.6 is 11.8 Å². The third kappa shape index (κ3) is 2.63. The average Bonchev–Trinajstić information content (AvgIpc) is 3.30. The van der Waals surface area contributed by atoms with Crippen LogP contribution in [0.3, 0.4) is 0 Å². The van der Waals surface area contributed by atoms with Crippen molar-refractivity contribution in [3.63, 3.8) is 0 Å². The van der Waals surface area contributed by atoms with Gasteiger partial charge >= 0.3 is 0 Å². The maximum absolute atomic E-state index is 6.14. The van der Waals surface area contributed by atoms with E-state index in [1.165, 1.54) is 18.1 Å². The number of hydrogen-bond donors (Lipinski definition) is 1. The van der Waals surface area contributed by atoms with Crippen molar-refractivity contribution in [2.45, 2.75) is 6.04 Å². The molecule has 2 aliphatic heterocycles. The van der Waals surface area contributed by atoms with E-state index in [0.29, 0.717) is 29.2 Å². The topological polar surface area (TPSA) is 88.7 Å². The van der Waals surface area contributed by atoms with E-state index >= 15 is 0 Å². The Morgan fingerprint density at radius 1 is 1.24 bits per heavy atom. The van der Waals surface area contributed by atoms with Crippen LogP contribution in [0.5, 0.6) is 0 Å². The van der Waals surface area contributed by atoms with Gasteiger partial charge in [-0.3, -0.25) is 4.90 Å². The zero-order valence-electron chi connectivity index (χ0n) is 13.7. The van der Waals surface area contributed by atoms with E-state index in [9.17, 15) is 0 Å². The van der Waals surface area contributed by atoms with Crippen molar-refractivity contribution in [3.8, 4) is 11.6 Å².